The lowest BCUT2D eigenvalue weighted by Crippen LogP contribution is -2.01. The van der Waals surface area contributed by atoms with Gasteiger partial charge in [0.1, 0.15) is 0 Å². The number of halogens is 2. The first-order chi connectivity index (χ1) is 10.1. The predicted molar refractivity (Wildman–Crippen MR) is 86.4 cm³/mol. The second kappa shape index (κ2) is 5.46. The third kappa shape index (κ3) is 2.64. The highest BCUT2D eigenvalue weighted by atomic mass is 79.9. The largest absolute Gasteiger partial charge is 0.398 e. The van der Waals surface area contributed by atoms with Gasteiger partial charge in [-0.15, -0.1) is 5.10 Å². The van der Waals surface area contributed by atoms with Crippen LogP contribution in [0.2, 0.25) is 5.02 Å². The minimum absolute atomic E-state index is 0.496. The van der Waals surface area contributed by atoms with E-state index in [4.69, 9.17) is 17.3 Å². The average molecular weight is 365 g/mol. The highest BCUT2D eigenvalue weighted by Crippen LogP contribution is 2.27. The van der Waals surface area contributed by atoms with E-state index < -0.39 is 0 Å². The van der Waals surface area contributed by atoms with E-state index >= 15 is 0 Å². The Morgan fingerprint density at radius 3 is 2.71 bits per heavy atom. The van der Waals surface area contributed by atoms with Gasteiger partial charge >= 0.3 is 0 Å². The summed E-state index contributed by atoms with van der Waals surface area (Å²) >= 11 is 9.43. The number of aryl methyl sites for hydroxylation is 1. The van der Waals surface area contributed by atoms with Crippen molar-refractivity contribution < 1.29 is 0 Å². The van der Waals surface area contributed by atoms with E-state index in [2.05, 4.69) is 31.5 Å². The van der Waals surface area contributed by atoms with Crippen molar-refractivity contribution in [2.45, 2.75) is 6.92 Å². The van der Waals surface area contributed by atoms with Gasteiger partial charge in [0, 0.05) is 10.0 Å². The number of aromatic nitrogens is 4. The molecule has 0 radical (unpaired) electrons. The molecule has 2 aromatic carbocycles. The smallest absolute Gasteiger partial charge is 0.187 e. The summed E-state index contributed by atoms with van der Waals surface area (Å²) < 4.78 is 2.71. The number of hydrogen-bond acceptors (Lipinski definition) is 4. The standard InChI is InChI=1S/C14H11BrClN5/c1-8-6-10(3-4-11(8)15)21-14(18-19-20-21)9-2-5-12(16)13(17)7-9/h2-7H,17H2,1H3. The van der Waals surface area contributed by atoms with Crippen LogP contribution < -0.4 is 5.73 Å². The van der Waals surface area contributed by atoms with Crippen LogP contribution in [0, 0.1) is 6.92 Å². The number of tetrazole rings is 1. The van der Waals surface area contributed by atoms with Crippen molar-refractivity contribution in [1.82, 2.24) is 20.2 Å². The van der Waals surface area contributed by atoms with Crippen molar-refractivity contribution in [2.24, 2.45) is 0 Å². The molecule has 0 atom stereocenters. The van der Waals surface area contributed by atoms with Crippen molar-refractivity contribution >= 4 is 33.2 Å². The molecule has 0 unspecified atom stereocenters. The fraction of sp³-hybridized carbons (Fsp3) is 0.0714. The van der Waals surface area contributed by atoms with Crippen molar-refractivity contribution in [3.63, 3.8) is 0 Å². The first-order valence-corrected chi connectivity index (χ1v) is 7.33. The van der Waals surface area contributed by atoms with Gasteiger partial charge in [-0.2, -0.15) is 4.68 Å². The summed E-state index contributed by atoms with van der Waals surface area (Å²) in [5.41, 5.74) is 9.13. The second-order valence-corrected chi connectivity index (χ2v) is 5.85. The molecule has 0 bridgehead atoms. The van der Waals surface area contributed by atoms with E-state index in [0.29, 0.717) is 16.5 Å². The number of rotatable bonds is 2. The molecule has 1 aromatic heterocycles. The molecule has 1 heterocycles. The number of benzene rings is 2. The SMILES string of the molecule is Cc1cc(-n2nnnc2-c2ccc(Cl)c(N)c2)ccc1Br. The third-order valence-electron chi connectivity index (χ3n) is 3.11. The van der Waals surface area contributed by atoms with E-state index in [1.54, 1.807) is 16.8 Å². The fourth-order valence-electron chi connectivity index (χ4n) is 1.98. The Bertz CT molecular complexity index is 749. The Labute approximate surface area is 134 Å². The van der Waals surface area contributed by atoms with Gasteiger partial charge in [-0.1, -0.05) is 27.5 Å². The Morgan fingerprint density at radius 2 is 2.00 bits per heavy atom. The molecule has 3 rings (SSSR count). The molecule has 21 heavy (non-hydrogen) atoms. The van der Waals surface area contributed by atoms with Crippen LogP contribution >= 0.6 is 27.5 Å². The maximum Gasteiger partial charge on any atom is 0.187 e. The Kier molecular flexibility index (Phi) is 3.65. The van der Waals surface area contributed by atoms with Crippen LogP contribution in [0.1, 0.15) is 5.56 Å². The van der Waals surface area contributed by atoms with Crippen LogP contribution in [0.3, 0.4) is 0 Å². The minimum Gasteiger partial charge on any atom is -0.398 e. The van der Waals surface area contributed by atoms with E-state index in [1.807, 2.05) is 31.2 Å². The molecule has 0 aliphatic carbocycles. The molecular formula is C14H11BrClN5. The topological polar surface area (TPSA) is 69.6 Å². The van der Waals surface area contributed by atoms with Crippen LogP contribution in [0.25, 0.3) is 17.1 Å². The van der Waals surface area contributed by atoms with Gasteiger partial charge in [-0.05, 0) is 59.3 Å². The first-order valence-electron chi connectivity index (χ1n) is 6.16. The number of anilines is 1. The molecule has 0 aliphatic rings. The number of nitrogens with zero attached hydrogens (tertiary/aromatic N) is 4. The third-order valence-corrected chi connectivity index (χ3v) is 4.34. The Balaban J connectivity index is 2.12. The van der Waals surface area contributed by atoms with Crippen molar-refractivity contribution in [3.05, 3.63) is 51.5 Å². The Morgan fingerprint density at radius 1 is 1.19 bits per heavy atom. The van der Waals surface area contributed by atoms with Crippen LogP contribution in [-0.4, -0.2) is 20.2 Å². The zero-order valence-electron chi connectivity index (χ0n) is 11.1. The summed E-state index contributed by atoms with van der Waals surface area (Å²) in [4.78, 5) is 0. The monoisotopic (exact) mass is 363 g/mol. The summed E-state index contributed by atoms with van der Waals surface area (Å²) in [6.45, 7) is 2.01. The van der Waals surface area contributed by atoms with Gasteiger partial charge in [-0.25, -0.2) is 0 Å². The van der Waals surface area contributed by atoms with Gasteiger partial charge < -0.3 is 5.73 Å². The van der Waals surface area contributed by atoms with Gasteiger partial charge in [0.25, 0.3) is 0 Å². The number of nitrogen functional groups attached to an aromatic ring is 1. The lowest BCUT2D eigenvalue weighted by Gasteiger charge is -2.07. The highest BCUT2D eigenvalue weighted by Gasteiger charge is 2.12. The minimum atomic E-state index is 0.496. The number of hydrogen-bond donors (Lipinski definition) is 1. The van der Waals surface area contributed by atoms with E-state index in [1.165, 1.54) is 0 Å². The zero-order valence-corrected chi connectivity index (χ0v) is 13.4. The molecule has 2 N–H and O–H groups in total. The molecule has 5 nitrogen and oxygen atoms in total. The summed E-state index contributed by atoms with van der Waals surface area (Å²) in [5, 5.41) is 12.4. The van der Waals surface area contributed by atoms with Crippen molar-refractivity contribution in [1.29, 1.82) is 0 Å². The normalized spacial score (nSPS) is 10.8. The van der Waals surface area contributed by atoms with Gasteiger partial charge in [0.15, 0.2) is 5.82 Å². The molecule has 0 saturated heterocycles. The summed E-state index contributed by atoms with van der Waals surface area (Å²) in [6.07, 6.45) is 0. The Hall–Kier alpha value is -1.92. The molecule has 0 spiro atoms. The van der Waals surface area contributed by atoms with E-state index in [-0.39, 0.29) is 0 Å². The maximum atomic E-state index is 5.95. The average Bonchev–Trinajstić information content (AvgIpc) is 2.94. The molecule has 0 fully saturated rings. The highest BCUT2D eigenvalue weighted by molar-refractivity contribution is 9.10. The van der Waals surface area contributed by atoms with Crippen LogP contribution in [0.15, 0.2) is 40.9 Å². The van der Waals surface area contributed by atoms with Gasteiger partial charge in [0.05, 0.1) is 16.4 Å². The van der Waals surface area contributed by atoms with Crippen LogP contribution in [0.5, 0.6) is 0 Å². The van der Waals surface area contributed by atoms with Crippen molar-refractivity contribution in [2.75, 3.05) is 5.73 Å². The molecule has 0 aliphatic heterocycles. The van der Waals surface area contributed by atoms with Crippen molar-refractivity contribution in [3.8, 4) is 17.1 Å². The second-order valence-electron chi connectivity index (χ2n) is 4.58. The molecule has 3 aromatic rings. The molecule has 106 valence electrons. The molecule has 0 amide bonds. The first kappa shape index (κ1) is 14.0. The molecule has 0 saturated carbocycles. The lowest BCUT2D eigenvalue weighted by molar-refractivity contribution is 0.790. The van der Waals surface area contributed by atoms with E-state index in [0.717, 1.165) is 21.3 Å². The van der Waals surface area contributed by atoms with Gasteiger partial charge in [-0.3, -0.25) is 0 Å². The molecular weight excluding hydrogens is 354 g/mol. The van der Waals surface area contributed by atoms with E-state index in [9.17, 15) is 0 Å². The maximum absolute atomic E-state index is 5.95. The quantitative estimate of drug-likeness (QED) is 0.705. The van der Waals surface area contributed by atoms with Crippen LogP contribution in [-0.2, 0) is 0 Å². The lowest BCUT2D eigenvalue weighted by atomic mass is 10.1. The zero-order chi connectivity index (χ0) is 15.0. The number of nitrogens with two attached hydrogens (primary N) is 1. The summed E-state index contributed by atoms with van der Waals surface area (Å²) in [7, 11) is 0. The van der Waals surface area contributed by atoms with Gasteiger partial charge in [0.2, 0.25) is 0 Å². The summed E-state index contributed by atoms with van der Waals surface area (Å²) in [6, 6.07) is 11.2. The van der Waals surface area contributed by atoms with Crippen LogP contribution in [0.4, 0.5) is 5.69 Å². The molecule has 7 heteroatoms. The summed E-state index contributed by atoms with van der Waals surface area (Å²) in [5.74, 6) is 0.611. The predicted octanol–water partition coefficient (Wildman–Crippen LogP) is 3.64. The fourth-order valence-corrected chi connectivity index (χ4v) is 2.35.